The summed E-state index contributed by atoms with van der Waals surface area (Å²) in [5.74, 6) is -0.549. The number of rotatable bonds is 7. The van der Waals surface area contributed by atoms with E-state index >= 15 is 0 Å². The molecule has 1 amide bonds. The maximum atomic E-state index is 13.7. The van der Waals surface area contributed by atoms with Crippen LogP contribution in [0, 0.1) is 5.82 Å². The van der Waals surface area contributed by atoms with Gasteiger partial charge in [0.15, 0.2) is 6.54 Å². The van der Waals surface area contributed by atoms with Gasteiger partial charge in [0, 0.05) is 24.3 Å². The second kappa shape index (κ2) is 8.81. The normalized spacial score (nSPS) is 16.1. The number of carbonyl (C=O) groups is 1. The molecule has 8 heteroatoms. The van der Waals surface area contributed by atoms with Gasteiger partial charge >= 0.3 is 0 Å². The molecule has 0 saturated carbocycles. The van der Waals surface area contributed by atoms with E-state index in [1.165, 1.54) is 16.4 Å². The number of nitrogens with one attached hydrogen (secondary N) is 2. The zero-order valence-electron chi connectivity index (χ0n) is 15.8. The Morgan fingerprint density at radius 1 is 1.14 bits per heavy atom. The number of carbonyl (C=O) groups excluding carboxylic acids is 1. The summed E-state index contributed by atoms with van der Waals surface area (Å²) in [5.41, 5.74) is 0.982. The number of hydrogen-bond donors (Lipinski definition) is 2. The van der Waals surface area contributed by atoms with Crippen molar-refractivity contribution in [2.75, 3.05) is 32.0 Å². The Labute approximate surface area is 165 Å². The van der Waals surface area contributed by atoms with Crippen molar-refractivity contribution < 1.29 is 22.5 Å². The molecule has 0 aromatic heterocycles. The lowest BCUT2D eigenvalue weighted by atomic mass is 10.2. The van der Waals surface area contributed by atoms with Crippen LogP contribution >= 0.6 is 0 Å². The molecule has 1 aliphatic rings. The first-order chi connectivity index (χ1) is 13.4. The highest BCUT2D eigenvalue weighted by atomic mass is 32.2. The second-order valence-electron chi connectivity index (χ2n) is 7.09. The van der Waals surface area contributed by atoms with Crippen LogP contribution in [0.5, 0.6) is 0 Å². The summed E-state index contributed by atoms with van der Waals surface area (Å²) in [6.45, 7) is 1.58. The molecule has 3 rings (SSSR count). The van der Waals surface area contributed by atoms with E-state index in [4.69, 9.17) is 0 Å². The van der Waals surface area contributed by atoms with Crippen LogP contribution in [0.25, 0.3) is 0 Å². The predicted octanol–water partition coefficient (Wildman–Crippen LogP) is 1.26. The van der Waals surface area contributed by atoms with Crippen LogP contribution in [0.2, 0.25) is 0 Å². The van der Waals surface area contributed by atoms with E-state index in [0.29, 0.717) is 30.9 Å². The SMILES string of the molecule is C[NH+](CC(=O)Nc1cccc(S(=O)(=O)N2CCCC2)c1)Cc1ccccc1F. The predicted molar refractivity (Wildman–Crippen MR) is 105 cm³/mol. The summed E-state index contributed by atoms with van der Waals surface area (Å²) in [4.78, 5) is 13.3. The smallest absolute Gasteiger partial charge is 0.279 e. The summed E-state index contributed by atoms with van der Waals surface area (Å²) in [7, 11) is -1.72. The molecule has 0 spiro atoms. The number of quaternary nitrogens is 1. The van der Waals surface area contributed by atoms with Crippen LogP contribution < -0.4 is 10.2 Å². The first-order valence-electron chi connectivity index (χ1n) is 9.31. The molecule has 1 aliphatic heterocycles. The standard InChI is InChI=1S/C20H24FN3O3S/c1-23(14-16-7-2-3-10-19(16)21)15-20(25)22-17-8-6-9-18(13-17)28(26,27)24-11-4-5-12-24/h2-3,6-10,13H,4-5,11-12,14-15H2,1H3,(H,22,25)/p+1. The van der Waals surface area contributed by atoms with Gasteiger partial charge in [-0.1, -0.05) is 24.3 Å². The van der Waals surface area contributed by atoms with E-state index in [-0.39, 0.29) is 23.2 Å². The van der Waals surface area contributed by atoms with Crippen LogP contribution in [0.4, 0.5) is 10.1 Å². The zero-order valence-corrected chi connectivity index (χ0v) is 16.6. The van der Waals surface area contributed by atoms with E-state index in [9.17, 15) is 17.6 Å². The van der Waals surface area contributed by atoms with E-state index in [1.54, 1.807) is 43.4 Å². The van der Waals surface area contributed by atoms with Crippen molar-refractivity contribution in [2.24, 2.45) is 0 Å². The number of benzene rings is 2. The molecule has 6 nitrogen and oxygen atoms in total. The number of anilines is 1. The van der Waals surface area contributed by atoms with Gasteiger partial charge in [0.05, 0.1) is 11.9 Å². The number of sulfonamides is 1. The van der Waals surface area contributed by atoms with Gasteiger partial charge in [0.1, 0.15) is 12.4 Å². The first kappa shape index (κ1) is 20.4. The topological polar surface area (TPSA) is 70.9 Å². The van der Waals surface area contributed by atoms with Crippen molar-refractivity contribution in [1.82, 2.24) is 4.31 Å². The van der Waals surface area contributed by atoms with E-state index in [0.717, 1.165) is 17.7 Å². The Morgan fingerprint density at radius 3 is 2.57 bits per heavy atom. The van der Waals surface area contributed by atoms with Gasteiger partial charge in [-0.25, -0.2) is 12.8 Å². The Kier molecular flexibility index (Phi) is 6.43. The molecule has 0 bridgehead atoms. The third-order valence-corrected chi connectivity index (χ3v) is 6.63. The fraction of sp³-hybridized carbons (Fsp3) is 0.350. The van der Waals surface area contributed by atoms with Crippen molar-refractivity contribution in [2.45, 2.75) is 24.3 Å². The lowest BCUT2D eigenvalue weighted by Crippen LogP contribution is -3.08. The summed E-state index contributed by atoms with van der Waals surface area (Å²) in [6, 6.07) is 12.8. The molecule has 0 aliphatic carbocycles. The van der Waals surface area contributed by atoms with Gasteiger partial charge in [-0.05, 0) is 37.1 Å². The largest absolute Gasteiger partial charge is 0.326 e. The van der Waals surface area contributed by atoms with E-state index in [1.807, 2.05) is 0 Å². The van der Waals surface area contributed by atoms with Crippen LogP contribution in [-0.4, -0.2) is 45.3 Å². The van der Waals surface area contributed by atoms with Crippen LogP contribution in [0.3, 0.4) is 0 Å². The molecule has 2 aromatic rings. The van der Waals surface area contributed by atoms with Crippen molar-refractivity contribution >= 4 is 21.6 Å². The Morgan fingerprint density at radius 2 is 1.86 bits per heavy atom. The van der Waals surface area contributed by atoms with Crippen molar-refractivity contribution in [3.05, 3.63) is 59.9 Å². The molecule has 1 unspecified atom stereocenters. The molecule has 0 radical (unpaired) electrons. The highest BCUT2D eigenvalue weighted by Crippen LogP contribution is 2.23. The van der Waals surface area contributed by atoms with Gasteiger partial charge in [0.2, 0.25) is 10.0 Å². The van der Waals surface area contributed by atoms with Crippen molar-refractivity contribution in [1.29, 1.82) is 0 Å². The minimum atomic E-state index is -3.53. The molecule has 2 N–H and O–H groups in total. The molecular formula is C20H25FN3O3S+. The minimum absolute atomic E-state index is 0.136. The maximum absolute atomic E-state index is 13.7. The number of nitrogens with zero attached hydrogens (tertiary/aromatic N) is 1. The summed E-state index contributed by atoms with van der Waals surface area (Å²) in [5, 5.41) is 2.74. The molecule has 150 valence electrons. The average molecular weight is 407 g/mol. The molecule has 28 heavy (non-hydrogen) atoms. The van der Waals surface area contributed by atoms with Gasteiger partial charge < -0.3 is 10.2 Å². The van der Waals surface area contributed by atoms with Crippen LogP contribution in [0.1, 0.15) is 18.4 Å². The maximum Gasteiger partial charge on any atom is 0.279 e. The van der Waals surface area contributed by atoms with Crippen LogP contribution in [0.15, 0.2) is 53.4 Å². The van der Waals surface area contributed by atoms with Crippen molar-refractivity contribution in [3.63, 3.8) is 0 Å². The second-order valence-corrected chi connectivity index (χ2v) is 9.03. The number of likely N-dealkylation sites (N-methyl/N-ethyl adjacent to an activating group) is 1. The lowest BCUT2D eigenvalue weighted by molar-refractivity contribution is -0.885. The monoisotopic (exact) mass is 406 g/mol. The van der Waals surface area contributed by atoms with E-state index in [2.05, 4.69) is 5.32 Å². The highest BCUT2D eigenvalue weighted by Gasteiger charge is 2.27. The number of hydrogen-bond acceptors (Lipinski definition) is 3. The van der Waals surface area contributed by atoms with Gasteiger partial charge in [-0.2, -0.15) is 4.31 Å². The lowest BCUT2D eigenvalue weighted by Gasteiger charge is -2.17. The minimum Gasteiger partial charge on any atom is -0.326 e. The van der Waals surface area contributed by atoms with Gasteiger partial charge in [-0.3, -0.25) is 4.79 Å². The van der Waals surface area contributed by atoms with Crippen LogP contribution in [-0.2, 0) is 21.4 Å². The first-order valence-corrected chi connectivity index (χ1v) is 10.7. The van der Waals surface area contributed by atoms with E-state index < -0.39 is 10.0 Å². The fourth-order valence-electron chi connectivity index (χ4n) is 3.32. The average Bonchev–Trinajstić information content (AvgIpc) is 3.19. The molecule has 1 heterocycles. The number of halogens is 1. The molecule has 1 atom stereocenters. The molecule has 2 aromatic carbocycles. The van der Waals surface area contributed by atoms with Gasteiger partial charge in [0.25, 0.3) is 5.91 Å². The summed E-state index contributed by atoms with van der Waals surface area (Å²) >= 11 is 0. The Bertz CT molecular complexity index is 943. The summed E-state index contributed by atoms with van der Waals surface area (Å²) in [6.07, 6.45) is 1.74. The Balaban J connectivity index is 1.62. The Hall–Kier alpha value is -2.29. The number of amides is 1. The molecule has 1 saturated heterocycles. The van der Waals surface area contributed by atoms with Gasteiger partial charge in [-0.15, -0.1) is 0 Å². The zero-order chi connectivity index (χ0) is 20.1. The molecular weight excluding hydrogens is 381 g/mol. The third kappa shape index (κ3) is 4.95. The molecule has 1 fully saturated rings. The quantitative estimate of drug-likeness (QED) is 0.727. The fourth-order valence-corrected chi connectivity index (χ4v) is 4.88. The third-order valence-electron chi connectivity index (χ3n) is 4.73. The van der Waals surface area contributed by atoms with Crippen molar-refractivity contribution in [3.8, 4) is 0 Å². The highest BCUT2D eigenvalue weighted by molar-refractivity contribution is 7.89. The summed E-state index contributed by atoms with van der Waals surface area (Å²) < 4.78 is 40.5.